The molecule has 120 valence electrons. The average molecular weight is 296 g/mol. The van der Waals surface area contributed by atoms with Crippen molar-refractivity contribution in [3.63, 3.8) is 0 Å². The van der Waals surface area contributed by atoms with Crippen molar-refractivity contribution in [3.05, 3.63) is 0 Å². The maximum Gasteiger partial charge on any atom is 0.410 e. The first-order chi connectivity index (χ1) is 9.78. The van der Waals surface area contributed by atoms with Gasteiger partial charge in [0.15, 0.2) is 5.78 Å². The first kappa shape index (κ1) is 16.3. The molecule has 5 heteroatoms. The summed E-state index contributed by atoms with van der Waals surface area (Å²) in [6.07, 6.45) is 3.08. The molecule has 2 aliphatic rings. The summed E-state index contributed by atoms with van der Waals surface area (Å²) >= 11 is 0. The van der Waals surface area contributed by atoms with E-state index in [9.17, 15) is 9.59 Å². The van der Waals surface area contributed by atoms with Gasteiger partial charge in [-0.1, -0.05) is 6.92 Å². The second-order valence-electron chi connectivity index (χ2n) is 7.20. The number of Topliss-reactive ketones (excluding diaryl/α,β-unsaturated/α-hetero) is 1. The number of carbonyl (C=O) groups excluding carboxylic acids is 2. The van der Waals surface area contributed by atoms with Gasteiger partial charge in [-0.05, 0) is 46.6 Å². The van der Waals surface area contributed by atoms with Gasteiger partial charge in [-0.15, -0.1) is 0 Å². The molecule has 2 rings (SSSR count). The van der Waals surface area contributed by atoms with E-state index in [2.05, 4.69) is 11.8 Å². The third kappa shape index (κ3) is 3.39. The predicted molar refractivity (Wildman–Crippen MR) is 81.3 cm³/mol. The Labute approximate surface area is 127 Å². The summed E-state index contributed by atoms with van der Waals surface area (Å²) in [5.74, 6) is 0.296. The monoisotopic (exact) mass is 296 g/mol. The summed E-state index contributed by atoms with van der Waals surface area (Å²) in [5.41, 5.74) is -0.949. The number of nitrogens with zero attached hydrogens (tertiary/aromatic N) is 2. The van der Waals surface area contributed by atoms with Gasteiger partial charge in [0.25, 0.3) is 0 Å². The molecule has 0 saturated carbocycles. The maximum absolute atomic E-state index is 12.5. The lowest BCUT2D eigenvalue weighted by Crippen LogP contribution is -2.60. The second kappa shape index (κ2) is 5.95. The number of hydrogen-bond donors (Lipinski definition) is 0. The molecular weight excluding hydrogens is 268 g/mol. The molecule has 0 bridgehead atoms. The van der Waals surface area contributed by atoms with Crippen molar-refractivity contribution in [2.45, 2.75) is 64.5 Å². The van der Waals surface area contributed by atoms with Crippen LogP contribution < -0.4 is 0 Å². The molecule has 0 aliphatic carbocycles. The van der Waals surface area contributed by atoms with Gasteiger partial charge in [0.2, 0.25) is 0 Å². The van der Waals surface area contributed by atoms with E-state index in [4.69, 9.17) is 4.74 Å². The molecular formula is C16H28N2O3. The number of ketones is 1. The third-order valence-electron chi connectivity index (χ3n) is 4.35. The largest absolute Gasteiger partial charge is 0.444 e. The van der Waals surface area contributed by atoms with Crippen LogP contribution in [0.15, 0.2) is 0 Å². The summed E-state index contributed by atoms with van der Waals surface area (Å²) in [5, 5.41) is 0. The number of likely N-dealkylation sites (tertiary alicyclic amines) is 2. The Balaban J connectivity index is 2.12. The van der Waals surface area contributed by atoms with Gasteiger partial charge in [0.05, 0.1) is 5.54 Å². The highest BCUT2D eigenvalue weighted by Crippen LogP contribution is 2.35. The standard InChI is InChI=1S/C16H28N2O3/c1-5-9-18-11-7-13(19)16(18)8-6-10-17(12-16)14(20)21-15(2,3)4/h5-12H2,1-4H3. The highest BCUT2D eigenvalue weighted by atomic mass is 16.6. The Morgan fingerprint density at radius 1 is 1.33 bits per heavy atom. The highest BCUT2D eigenvalue weighted by molar-refractivity contribution is 5.91. The van der Waals surface area contributed by atoms with Crippen LogP contribution >= 0.6 is 0 Å². The zero-order chi connectivity index (χ0) is 15.7. The molecule has 2 fully saturated rings. The Kier molecular flexibility index (Phi) is 4.61. The van der Waals surface area contributed by atoms with Crippen molar-refractivity contribution in [2.24, 2.45) is 0 Å². The zero-order valence-electron chi connectivity index (χ0n) is 13.8. The second-order valence-corrected chi connectivity index (χ2v) is 7.20. The summed E-state index contributed by atoms with van der Waals surface area (Å²) in [6, 6.07) is 0. The Morgan fingerprint density at radius 3 is 2.67 bits per heavy atom. The quantitative estimate of drug-likeness (QED) is 0.785. The van der Waals surface area contributed by atoms with Crippen LogP contribution in [0.5, 0.6) is 0 Å². The van der Waals surface area contributed by atoms with E-state index in [1.807, 2.05) is 20.8 Å². The smallest absolute Gasteiger partial charge is 0.410 e. The molecule has 0 N–H and O–H groups in total. The molecule has 2 saturated heterocycles. The number of piperidine rings is 1. The van der Waals surface area contributed by atoms with Crippen LogP contribution in [0.1, 0.15) is 53.4 Å². The molecule has 1 spiro atoms. The highest BCUT2D eigenvalue weighted by Gasteiger charge is 2.51. The van der Waals surface area contributed by atoms with Crippen LogP contribution in [0.25, 0.3) is 0 Å². The summed E-state index contributed by atoms with van der Waals surface area (Å²) in [4.78, 5) is 28.8. The molecule has 1 unspecified atom stereocenters. The van der Waals surface area contributed by atoms with E-state index in [-0.39, 0.29) is 6.09 Å². The van der Waals surface area contributed by atoms with Crippen LogP contribution in [-0.4, -0.2) is 59.0 Å². The molecule has 5 nitrogen and oxygen atoms in total. The minimum Gasteiger partial charge on any atom is -0.444 e. The molecule has 2 heterocycles. The van der Waals surface area contributed by atoms with E-state index >= 15 is 0 Å². The fraction of sp³-hybridized carbons (Fsp3) is 0.875. The van der Waals surface area contributed by atoms with Crippen LogP contribution in [0.4, 0.5) is 4.79 Å². The zero-order valence-corrected chi connectivity index (χ0v) is 13.8. The summed E-state index contributed by atoms with van der Waals surface area (Å²) in [6.45, 7) is 10.7. The van der Waals surface area contributed by atoms with Crippen LogP contribution in [0.2, 0.25) is 0 Å². The van der Waals surface area contributed by atoms with Gasteiger partial charge in [-0.3, -0.25) is 9.69 Å². The molecule has 0 aromatic rings. The van der Waals surface area contributed by atoms with Gasteiger partial charge >= 0.3 is 6.09 Å². The predicted octanol–water partition coefficient (Wildman–Crippen LogP) is 2.44. The fourth-order valence-electron chi connectivity index (χ4n) is 3.46. The minimum absolute atomic E-state index is 0.294. The number of carbonyl (C=O) groups is 2. The van der Waals surface area contributed by atoms with Gasteiger partial charge in [0.1, 0.15) is 5.60 Å². The Bertz CT molecular complexity index is 416. The maximum atomic E-state index is 12.5. The molecule has 0 aromatic carbocycles. The first-order valence-electron chi connectivity index (χ1n) is 8.05. The normalized spacial score (nSPS) is 27.4. The van der Waals surface area contributed by atoms with E-state index in [1.54, 1.807) is 4.90 Å². The lowest BCUT2D eigenvalue weighted by atomic mass is 9.85. The average Bonchev–Trinajstić information content (AvgIpc) is 2.67. The fourth-order valence-corrected chi connectivity index (χ4v) is 3.46. The van der Waals surface area contributed by atoms with Crippen molar-refractivity contribution in [3.8, 4) is 0 Å². The van der Waals surface area contributed by atoms with E-state index in [0.29, 0.717) is 25.3 Å². The molecule has 1 atom stereocenters. The molecule has 0 aromatic heterocycles. The van der Waals surface area contributed by atoms with Crippen molar-refractivity contribution in [1.82, 2.24) is 9.80 Å². The van der Waals surface area contributed by atoms with Crippen molar-refractivity contribution < 1.29 is 14.3 Å². The van der Waals surface area contributed by atoms with E-state index in [0.717, 1.165) is 32.4 Å². The van der Waals surface area contributed by atoms with E-state index < -0.39 is 11.1 Å². The van der Waals surface area contributed by atoms with Crippen LogP contribution in [0.3, 0.4) is 0 Å². The van der Waals surface area contributed by atoms with Gasteiger partial charge in [-0.2, -0.15) is 0 Å². The summed E-state index contributed by atoms with van der Waals surface area (Å²) in [7, 11) is 0. The Hall–Kier alpha value is -1.10. The van der Waals surface area contributed by atoms with Gasteiger partial charge in [0, 0.05) is 26.1 Å². The number of ether oxygens (including phenoxy) is 1. The van der Waals surface area contributed by atoms with Crippen LogP contribution in [-0.2, 0) is 9.53 Å². The first-order valence-corrected chi connectivity index (χ1v) is 8.05. The van der Waals surface area contributed by atoms with Crippen molar-refractivity contribution in [2.75, 3.05) is 26.2 Å². The van der Waals surface area contributed by atoms with Crippen molar-refractivity contribution >= 4 is 11.9 Å². The van der Waals surface area contributed by atoms with Gasteiger partial charge in [-0.25, -0.2) is 4.79 Å². The number of rotatable bonds is 2. The number of hydrogen-bond acceptors (Lipinski definition) is 4. The molecule has 21 heavy (non-hydrogen) atoms. The minimum atomic E-state index is -0.496. The van der Waals surface area contributed by atoms with E-state index in [1.165, 1.54) is 0 Å². The molecule has 0 radical (unpaired) electrons. The lowest BCUT2D eigenvalue weighted by Gasteiger charge is -2.44. The molecule has 2 aliphatic heterocycles. The lowest BCUT2D eigenvalue weighted by molar-refractivity contribution is -0.128. The topological polar surface area (TPSA) is 49.9 Å². The van der Waals surface area contributed by atoms with Crippen LogP contribution in [0, 0.1) is 0 Å². The third-order valence-corrected chi connectivity index (χ3v) is 4.35. The molecule has 1 amide bonds. The SMILES string of the molecule is CCCN1CCC(=O)C12CCCN(C(=O)OC(C)(C)C)C2. The van der Waals surface area contributed by atoms with Gasteiger partial charge < -0.3 is 9.64 Å². The number of amides is 1. The Morgan fingerprint density at radius 2 is 2.05 bits per heavy atom. The van der Waals surface area contributed by atoms with Crippen molar-refractivity contribution in [1.29, 1.82) is 0 Å². The summed E-state index contributed by atoms with van der Waals surface area (Å²) < 4.78 is 5.47.